The Labute approximate surface area is 91.4 Å². The summed E-state index contributed by atoms with van der Waals surface area (Å²) in [6, 6.07) is 1.66. The van der Waals surface area contributed by atoms with Gasteiger partial charge in [-0.2, -0.15) is 4.98 Å². The molecule has 0 aliphatic carbocycles. The summed E-state index contributed by atoms with van der Waals surface area (Å²) in [7, 11) is 0. The zero-order valence-electron chi connectivity index (χ0n) is 8.27. The molecule has 0 aliphatic heterocycles. The van der Waals surface area contributed by atoms with Crippen LogP contribution in [0.15, 0.2) is 17.8 Å². The van der Waals surface area contributed by atoms with Gasteiger partial charge in [0.2, 0.25) is 5.95 Å². The molecule has 0 spiro atoms. The number of aryl methyl sites for hydroxylation is 1. The molecule has 3 N–H and O–H groups in total. The summed E-state index contributed by atoms with van der Waals surface area (Å²) < 4.78 is 0. The molecule has 5 nitrogen and oxygen atoms in total. The van der Waals surface area contributed by atoms with Crippen molar-refractivity contribution in [2.75, 3.05) is 11.1 Å². The first-order chi connectivity index (χ1) is 7.25. The first kappa shape index (κ1) is 9.85. The third-order valence-corrected chi connectivity index (χ3v) is 2.86. The van der Waals surface area contributed by atoms with Crippen LogP contribution in [0.4, 0.5) is 11.8 Å². The second-order valence-electron chi connectivity index (χ2n) is 3.02. The van der Waals surface area contributed by atoms with E-state index in [1.807, 2.05) is 12.4 Å². The Morgan fingerprint density at radius 3 is 3.00 bits per heavy atom. The molecule has 0 bridgehead atoms. The van der Waals surface area contributed by atoms with Gasteiger partial charge in [0.1, 0.15) is 5.82 Å². The molecule has 0 saturated carbocycles. The summed E-state index contributed by atoms with van der Waals surface area (Å²) in [5, 5.41) is 3.10. The lowest BCUT2D eigenvalue weighted by molar-refractivity contribution is 1.05. The Morgan fingerprint density at radius 1 is 1.47 bits per heavy atom. The van der Waals surface area contributed by atoms with Gasteiger partial charge in [0, 0.05) is 11.1 Å². The highest BCUT2D eigenvalue weighted by atomic mass is 32.1. The van der Waals surface area contributed by atoms with Crippen LogP contribution in [0.2, 0.25) is 0 Å². The summed E-state index contributed by atoms with van der Waals surface area (Å²) in [6.07, 6.45) is 1.63. The van der Waals surface area contributed by atoms with E-state index in [1.165, 1.54) is 4.88 Å². The number of nitrogens with two attached hydrogens (primary N) is 1. The van der Waals surface area contributed by atoms with Crippen molar-refractivity contribution in [3.63, 3.8) is 0 Å². The van der Waals surface area contributed by atoms with Crippen LogP contribution >= 0.6 is 11.3 Å². The third-order valence-electron chi connectivity index (χ3n) is 1.93. The Kier molecular flexibility index (Phi) is 2.77. The van der Waals surface area contributed by atoms with Crippen LogP contribution in [-0.2, 0) is 6.54 Å². The number of nitrogens with one attached hydrogen (secondary N) is 1. The average molecular weight is 221 g/mol. The standard InChI is InChI=1S/C9H11N5S/c1-6-7(15-5-13-6)4-12-9-11-3-2-8(10)14-9/h2-3,5H,4H2,1H3,(H3,10,11,12,14). The molecule has 2 aromatic rings. The van der Waals surface area contributed by atoms with Gasteiger partial charge >= 0.3 is 0 Å². The molecule has 0 atom stereocenters. The molecule has 2 rings (SSSR count). The predicted octanol–water partition coefficient (Wildman–Crippen LogP) is 1.44. The van der Waals surface area contributed by atoms with E-state index in [0.29, 0.717) is 18.3 Å². The van der Waals surface area contributed by atoms with Crippen molar-refractivity contribution < 1.29 is 0 Å². The molecule has 6 heteroatoms. The van der Waals surface area contributed by atoms with E-state index in [1.54, 1.807) is 23.6 Å². The number of rotatable bonds is 3. The average Bonchev–Trinajstić information content (AvgIpc) is 2.61. The lowest BCUT2D eigenvalue weighted by Crippen LogP contribution is -2.04. The number of hydrogen-bond donors (Lipinski definition) is 2. The van der Waals surface area contributed by atoms with E-state index >= 15 is 0 Å². The van der Waals surface area contributed by atoms with E-state index in [0.717, 1.165) is 5.69 Å². The van der Waals surface area contributed by atoms with Gasteiger partial charge in [0.25, 0.3) is 0 Å². The van der Waals surface area contributed by atoms with Gasteiger partial charge in [0.05, 0.1) is 17.7 Å². The fraction of sp³-hybridized carbons (Fsp3) is 0.222. The fourth-order valence-corrected chi connectivity index (χ4v) is 1.83. The second-order valence-corrected chi connectivity index (χ2v) is 3.96. The quantitative estimate of drug-likeness (QED) is 0.820. The smallest absolute Gasteiger partial charge is 0.224 e. The van der Waals surface area contributed by atoms with Crippen molar-refractivity contribution in [2.24, 2.45) is 0 Å². The van der Waals surface area contributed by atoms with Crippen molar-refractivity contribution in [1.82, 2.24) is 15.0 Å². The monoisotopic (exact) mass is 221 g/mol. The minimum absolute atomic E-state index is 0.466. The number of nitrogens with zero attached hydrogens (tertiary/aromatic N) is 3. The second kappa shape index (κ2) is 4.22. The van der Waals surface area contributed by atoms with E-state index in [-0.39, 0.29) is 0 Å². The number of anilines is 2. The summed E-state index contributed by atoms with van der Waals surface area (Å²) in [6.45, 7) is 2.66. The summed E-state index contributed by atoms with van der Waals surface area (Å²) >= 11 is 1.61. The van der Waals surface area contributed by atoms with Crippen LogP contribution in [-0.4, -0.2) is 15.0 Å². The zero-order valence-corrected chi connectivity index (χ0v) is 9.08. The summed E-state index contributed by atoms with van der Waals surface area (Å²) in [5.41, 5.74) is 8.40. The fourth-order valence-electron chi connectivity index (χ4n) is 1.11. The normalized spacial score (nSPS) is 10.2. The molecule has 2 aromatic heterocycles. The van der Waals surface area contributed by atoms with Gasteiger partial charge in [0.15, 0.2) is 0 Å². The molecule has 0 fully saturated rings. The van der Waals surface area contributed by atoms with Crippen molar-refractivity contribution in [1.29, 1.82) is 0 Å². The molecule has 0 aromatic carbocycles. The zero-order chi connectivity index (χ0) is 10.7. The maximum atomic E-state index is 5.54. The van der Waals surface area contributed by atoms with Crippen LogP contribution in [0.25, 0.3) is 0 Å². The molecule has 2 heterocycles. The maximum Gasteiger partial charge on any atom is 0.224 e. The van der Waals surface area contributed by atoms with Crippen LogP contribution in [0.3, 0.4) is 0 Å². The third kappa shape index (κ3) is 2.41. The van der Waals surface area contributed by atoms with Crippen LogP contribution in [0.5, 0.6) is 0 Å². The molecule has 15 heavy (non-hydrogen) atoms. The van der Waals surface area contributed by atoms with Crippen LogP contribution < -0.4 is 11.1 Å². The van der Waals surface area contributed by atoms with Gasteiger partial charge in [-0.3, -0.25) is 0 Å². The predicted molar refractivity (Wildman–Crippen MR) is 60.6 cm³/mol. The minimum atomic E-state index is 0.466. The van der Waals surface area contributed by atoms with Crippen LogP contribution in [0.1, 0.15) is 10.6 Å². The number of aromatic nitrogens is 3. The first-order valence-electron chi connectivity index (χ1n) is 4.47. The highest BCUT2D eigenvalue weighted by Crippen LogP contribution is 2.13. The number of hydrogen-bond acceptors (Lipinski definition) is 6. The molecule has 0 saturated heterocycles. The molecule has 78 valence electrons. The summed E-state index contributed by atoms with van der Waals surface area (Å²) in [5.74, 6) is 1.01. The van der Waals surface area contributed by atoms with Crippen LogP contribution in [0, 0.1) is 6.92 Å². The van der Waals surface area contributed by atoms with Crippen molar-refractivity contribution in [3.05, 3.63) is 28.3 Å². The maximum absolute atomic E-state index is 5.54. The van der Waals surface area contributed by atoms with E-state index in [2.05, 4.69) is 20.3 Å². The van der Waals surface area contributed by atoms with Gasteiger partial charge in [-0.1, -0.05) is 0 Å². The first-order valence-corrected chi connectivity index (χ1v) is 5.35. The Morgan fingerprint density at radius 2 is 2.33 bits per heavy atom. The summed E-state index contributed by atoms with van der Waals surface area (Å²) in [4.78, 5) is 13.4. The Bertz CT molecular complexity index is 453. The highest BCUT2D eigenvalue weighted by Gasteiger charge is 2.02. The highest BCUT2D eigenvalue weighted by molar-refractivity contribution is 7.09. The molecule has 0 amide bonds. The number of nitrogen functional groups attached to an aromatic ring is 1. The van der Waals surface area contributed by atoms with Crippen molar-refractivity contribution >= 4 is 23.1 Å². The van der Waals surface area contributed by atoms with Gasteiger partial charge in [-0.25, -0.2) is 9.97 Å². The largest absolute Gasteiger partial charge is 0.384 e. The van der Waals surface area contributed by atoms with Gasteiger partial charge in [-0.05, 0) is 13.0 Å². The molecular weight excluding hydrogens is 210 g/mol. The topological polar surface area (TPSA) is 76.7 Å². The lowest BCUT2D eigenvalue weighted by Gasteiger charge is -2.03. The Balaban J connectivity index is 2.02. The molecule has 0 unspecified atom stereocenters. The van der Waals surface area contributed by atoms with Crippen molar-refractivity contribution in [3.8, 4) is 0 Å². The van der Waals surface area contributed by atoms with Gasteiger partial charge in [-0.15, -0.1) is 11.3 Å². The SMILES string of the molecule is Cc1ncsc1CNc1nccc(N)n1. The Hall–Kier alpha value is -1.69. The van der Waals surface area contributed by atoms with Crippen molar-refractivity contribution in [2.45, 2.75) is 13.5 Å². The molecule has 0 aliphatic rings. The molecule has 0 radical (unpaired) electrons. The van der Waals surface area contributed by atoms with E-state index in [4.69, 9.17) is 5.73 Å². The number of thiazole rings is 1. The molecular formula is C9H11N5S. The van der Waals surface area contributed by atoms with E-state index in [9.17, 15) is 0 Å². The lowest BCUT2D eigenvalue weighted by atomic mass is 10.4. The minimum Gasteiger partial charge on any atom is -0.384 e. The van der Waals surface area contributed by atoms with Gasteiger partial charge < -0.3 is 11.1 Å². The van der Waals surface area contributed by atoms with E-state index < -0.39 is 0 Å².